The highest BCUT2D eigenvalue weighted by molar-refractivity contribution is 6.19. The summed E-state index contributed by atoms with van der Waals surface area (Å²) in [5.41, 5.74) is 0.612. The number of aromatic nitrogens is 2. The molecule has 0 atom stereocenters. The molecule has 0 spiro atoms. The number of hydrogen-bond donors (Lipinski definition) is 0. The predicted octanol–water partition coefficient (Wildman–Crippen LogP) is 4.76. The van der Waals surface area contributed by atoms with E-state index < -0.39 is 17.5 Å². The molecule has 0 saturated heterocycles. The SMILES string of the molecule is CC(C)(CCl)C(=O)N(Cc1ccc(-c2noc(C(F)(F)F)n2)cc1)CC1CC1. The number of alkyl halides is 4. The summed E-state index contributed by atoms with van der Waals surface area (Å²) in [4.78, 5) is 18.0. The molecule has 1 saturated carbocycles. The third-order valence-corrected chi connectivity index (χ3v) is 5.30. The molecule has 1 heterocycles. The number of rotatable bonds is 7. The molecule has 1 aliphatic rings. The van der Waals surface area contributed by atoms with Gasteiger partial charge in [-0.3, -0.25) is 4.79 Å². The van der Waals surface area contributed by atoms with E-state index in [4.69, 9.17) is 11.6 Å². The molecule has 9 heteroatoms. The van der Waals surface area contributed by atoms with Gasteiger partial charge in [0.25, 0.3) is 0 Å². The van der Waals surface area contributed by atoms with Crippen molar-refractivity contribution in [2.45, 2.75) is 39.4 Å². The molecule has 0 unspecified atom stereocenters. The van der Waals surface area contributed by atoms with Gasteiger partial charge in [-0.15, -0.1) is 11.6 Å². The summed E-state index contributed by atoms with van der Waals surface area (Å²) in [5.74, 6) is -0.768. The van der Waals surface area contributed by atoms with Gasteiger partial charge in [0.05, 0.1) is 5.41 Å². The number of amides is 1. The second-order valence-electron chi connectivity index (χ2n) is 7.76. The first-order chi connectivity index (χ1) is 13.1. The minimum atomic E-state index is -4.68. The molecule has 5 nitrogen and oxygen atoms in total. The van der Waals surface area contributed by atoms with Gasteiger partial charge in [0.2, 0.25) is 11.7 Å². The molecule has 0 aliphatic heterocycles. The normalized spacial score (nSPS) is 14.9. The lowest BCUT2D eigenvalue weighted by atomic mass is 9.94. The largest absolute Gasteiger partial charge is 0.471 e. The average Bonchev–Trinajstić information content (AvgIpc) is 3.31. The fourth-order valence-corrected chi connectivity index (χ4v) is 2.87. The van der Waals surface area contributed by atoms with Crippen molar-refractivity contribution in [3.8, 4) is 11.4 Å². The topological polar surface area (TPSA) is 59.2 Å². The van der Waals surface area contributed by atoms with Gasteiger partial charge in [0, 0.05) is 24.5 Å². The highest BCUT2D eigenvalue weighted by Gasteiger charge is 2.38. The van der Waals surface area contributed by atoms with Crippen LogP contribution in [0.5, 0.6) is 0 Å². The summed E-state index contributed by atoms with van der Waals surface area (Å²) in [6.07, 6.45) is -2.45. The minimum absolute atomic E-state index is 0.00790. The Morgan fingerprint density at radius 3 is 2.39 bits per heavy atom. The highest BCUT2D eigenvalue weighted by atomic mass is 35.5. The van der Waals surface area contributed by atoms with Crippen LogP contribution in [-0.4, -0.2) is 33.4 Å². The maximum absolute atomic E-state index is 12.9. The molecule has 0 radical (unpaired) electrons. The lowest BCUT2D eigenvalue weighted by Crippen LogP contribution is -2.42. The highest BCUT2D eigenvalue weighted by Crippen LogP contribution is 2.33. The zero-order valence-corrected chi connectivity index (χ0v) is 16.3. The first-order valence-corrected chi connectivity index (χ1v) is 9.49. The number of benzene rings is 1. The summed E-state index contributed by atoms with van der Waals surface area (Å²) in [6.45, 7) is 4.73. The van der Waals surface area contributed by atoms with E-state index in [0.717, 1.165) is 18.4 Å². The standard InChI is InChI=1S/C19H21ClF3N3O2/c1-18(2,11-20)17(27)26(9-12-3-4-12)10-13-5-7-14(8-6-13)15-24-16(28-25-15)19(21,22)23/h5-8,12H,3-4,9-11H2,1-2H3. The molecule has 1 aromatic carbocycles. The van der Waals surface area contributed by atoms with Gasteiger partial charge in [-0.1, -0.05) is 29.4 Å². The van der Waals surface area contributed by atoms with Crippen molar-refractivity contribution in [1.82, 2.24) is 15.0 Å². The van der Waals surface area contributed by atoms with Crippen molar-refractivity contribution in [2.75, 3.05) is 12.4 Å². The molecule has 1 aliphatic carbocycles. The fourth-order valence-electron chi connectivity index (χ4n) is 2.75. The van der Waals surface area contributed by atoms with E-state index in [2.05, 4.69) is 14.7 Å². The Bertz CT molecular complexity index is 830. The van der Waals surface area contributed by atoms with E-state index in [1.165, 1.54) is 0 Å². The molecule has 0 bridgehead atoms. The zero-order chi connectivity index (χ0) is 20.5. The Kier molecular flexibility index (Phi) is 5.70. The van der Waals surface area contributed by atoms with Crippen molar-refractivity contribution >= 4 is 17.5 Å². The first-order valence-electron chi connectivity index (χ1n) is 8.96. The van der Waals surface area contributed by atoms with Gasteiger partial charge < -0.3 is 9.42 Å². The van der Waals surface area contributed by atoms with E-state index in [0.29, 0.717) is 24.6 Å². The number of halogens is 4. The van der Waals surface area contributed by atoms with Crippen molar-refractivity contribution in [1.29, 1.82) is 0 Å². The maximum atomic E-state index is 12.9. The van der Waals surface area contributed by atoms with Gasteiger partial charge in [0.1, 0.15) is 0 Å². The first kappa shape index (κ1) is 20.6. The zero-order valence-electron chi connectivity index (χ0n) is 15.6. The lowest BCUT2D eigenvalue weighted by Gasteiger charge is -2.31. The second kappa shape index (κ2) is 7.73. The fraction of sp³-hybridized carbons (Fsp3) is 0.526. The maximum Gasteiger partial charge on any atom is 0.471 e. The van der Waals surface area contributed by atoms with E-state index >= 15 is 0 Å². The monoisotopic (exact) mass is 415 g/mol. The van der Waals surface area contributed by atoms with E-state index in [1.807, 2.05) is 18.7 Å². The van der Waals surface area contributed by atoms with Crippen molar-refractivity contribution < 1.29 is 22.5 Å². The average molecular weight is 416 g/mol. The number of carbonyl (C=O) groups excluding carboxylic acids is 1. The van der Waals surface area contributed by atoms with Gasteiger partial charge in [-0.25, -0.2) is 0 Å². The van der Waals surface area contributed by atoms with Crippen LogP contribution in [0.15, 0.2) is 28.8 Å². The molecule has 3 rings (SSSR count). The van der Waals surface area contributed by atoms with Crippen LogP contribution < -0.4 is 0 Å². The molecule has 2 aromatic rings. The summed E-state index contributed by atoms with van der Waals surface area (Å²) < 4.78 is 42.0. The van der Waals surface area contributed by atoms with Gasteiger partial charge in [0.15, 0.2) is 0 Å². The van der Waals surface area contributed by atoms with Gasteiger partial charge >= 0.3 is 12.1 Å². The summed E-state index contributed by atoms with van der Waals surface area (Å²) in [5, 5.41) is 3.38. The minimum Gasteiger partial charge on any atom is -0.338 e. The molecule has 1 amide bonds. The van der Waals surface area contributed by atoms with Crippen LogP contribution >= 0.6 is 11.6 Å². The summed E-state index contributed by atoms with van der Waals surface area (Å²) >= 11 is 5.96. The van der Waals surface area contributed by atoms with E-state index in [9.17, 15) is 18.0 Å². The molecular formula is C19H21ClF3N3O2. The van der Waals surface area contributed by atoms with E-state index in [1.54, 1.807) is 24.3 Å². The van der Waals surface area contributed by atoms with Crippen LogP contribution in [0.2, 0.25) is 0 Å². The molecule has 1 fully saturated rings. The van der Waals surface area contributed by atoms with Crippen LogP contribution in [0, 0.1) is 11.3 Å². The number of carbonyl (C=O) groups is 1. The Labute approximate surface area is 165 Å². The van der Waals surface area contributed by atoms with Gasteiger partial charge in [-0.05, 0) is 38.2 Å². The molecule has 28 heavy (non-hydrogen) atoms. The lowest BCUT2D eigenvalue weighted by molar-refractivity contribution is -0.159. The van der Waals surface area contributed by atoms with Crippen molar-refractivity contribution in [3.05, 3.63) is 35.7 Å². The van der Waals surface area contributed by atoms with E-state index in [-0.39, 0.29) is 17.6 Å². The summed E-state index contributed by atoms with van der Waals surface area (Å²) in [6, 6.07) is 6.74. The molecule has 152 valence electrons. The molecule has 1 aromatic heterocycles. The third kappa shape index (κ3) is 4.84. The van der Waals surface area contributed by atoms with Crippen LogP contribution in [-0.2, 0) is 17.5 Å². The Morgan fingerprint density at radius 2 is 1.89 bits per heavy atom. The number of hydrogen-bond acceptors (Lipinski definition) is 4. The predicted molar refractivity (Wildman–Crippen MR) is 97.4 cm³/mol. The third-order valence-electron chi connectivity index (χ3n) is 4.63. The molecular weight excluding hydrogens is 395 g/mol. The van der Waals surface area contributed by atoms with Crippen LogP contribution in [0.3, 0.4) is 0 Å². The van der Waals surface area contributed by atoms with Crippen LogP contribution in [0.4, 0.5) is 13.2 Å². The quantitative estimate of drug-likeness (QED) is 0.612. The number of nitrogens with zero attached hydrogens (tertiary/aromatic N) is 3. The van der Waals surface area contributed by atoms with Crippen LogP contribution in [0.1, 0.15) is 38.1 Å². The Morgan fingerprint density at radius 1 is 1.25 bits per heavy atom. The van der Waals surface area contributed by atoms with Gasteiger partial charge in [-0.2, -0.15) is 18.2 Å². The van der Waals surface area contributed by atoms with Crippen LogP contribution in [0.25, 0.3) is 11.4 Å². The smallest absolute Gasteiger partial charge is 0.338 e. The Balaban J connectivity index is 1.74. The molecule has 0 N–H and O–H groups in total. The summed E-state index contributed by atoms with van der Waals surface area (Å²) in [7, 11) is 0. The Hall–Kier alpha value is -2.09. The van der Waals surface area contributed by atoms with Crippen molar-refractivity contribution in [2.24, 2.45) is 11.3 Å². The second-order valence-corrected chi connectivity index (χ2v) is 8.03. The van der Waals surface area contributed by atoms with Crippen molar-refractivity contribution in [3.63, 3.8) is 0 Å².